The smallest absolute Gasteiger partial charge is 0.243 e. The van der Waals surface area contributed by atoms with E-state index in [1.54, 1.807) is 24.4 Å². The number of likely N-dealkylation sites (N-methyl/N-ethyl adjacent to an activating group) is 1. The highest BCUT2D eigenvalue weighted by Crippen LogP contribution is 2.30. The van der Waals surface area contributed by atoms with Gasteiger partial charge < -0.3 is 20.6 Å². The maximum atomic E-state index is 13.5. The summed E-state index contributed by atoms with van der Waals surface area (Å²) in [7, 11) is -1.74. The SMILES string of the molecule is CCCOc1ccc(S(=O)(=O)N2CCN(CCO)CC2)cc1C1=NC=C2C(=C(CCC)NN2C)N1. The quantitative estimate of drug-likeness (QED) is 0.439. The van der Waals surface area contributed by atoms with Crippen molar-refractivity contribution in [2.75, 3.05) is 53.0 Å². The summed E-state index contributed by atoms with van der Waals surface area (Å²) in [6, 6.07) is 5.00. The van der Waals surface area contributed by atoms with Crippen molar-refractivity contribution in [1.82, 2.24) is 25.0 Å². The van der Waals surface area contributed by atoms with Gasteiger partial charge in [-0.05, 0) is 31.0 Å². The third-order valence-corrected chi connectivity index (χ3v) is 8.23. The van der Waals surface area contributed by atoms with Crippen LogP contribution < -0.4 is 15.5 Å². The minimum atomic E-state index is -3.69. The molecule has 3 aliphatic rings. The van der Waals surface area contributed by atoms with Crippen LogP contribution in [0.25, 0.3) is 0 Å². The molecule has 0 spiro atoms. The second-order valence-corrected chi connectivity index (χ2v) is 10.8. The summed E-state index contributed by atoms with van der Waals surface area (Å²) >= 11 is 0. The van der Waals surface area contributed by atoms with Crippen LogP contribution in [0.15, 0.2) is 51.4 Å². The van der Waals surface area contributed by atoms with Gasteiger partial charge in [0, 0.05) is 39.8 Å². The van der Waals surface area contributed by atoms with Gasteiger partial charge in [0.1, 0.15) is 17.3 Å². The number of amidine groups is 1. The number of piperazine rings is 1. The van der Waals surface area contributed by atoms with Gasteiger partial charge in [-0.15, -0.1) is 0 Å². The van der Waals surface area contributed by atoms with E-state index in [-0.39, 0.29) is 11.5 Å². The number of ether oxygens (including phenoxy) is 1. The van der Waals surface area contributed by atoms with Gasteiger partial charge in [-0.1, -0.05) is 20.3 Å². The molecule has 10 nitrogen and oxygen atoms in total. The standard InChI is InChI=1S/C24H36N6O4S/c1-4-6-20-23-21(28(3)27-20)17-25-24(26-23)19-16-18(7-8-22(19)34-15-5-2)35(32,33)30-11-9-29(10-12-30)13-14-31/h7-8,16-17,27,31H,4-6,9-15H2,1-3H3,(H,25,26). The van der Waals surface area contributed by atoms with Gasteiger partial charge in [-0.3, -0.25) is 9.91 Å². The van der Waals surface area contributed by atoms with Crippen molar-refractivity contribution in [1.29, 1.82) is 0 Å². The molecule has 0 radical (unpaired) electrons. The van der Waals surface area contributed by atoms with Crippen molar-refractivity contribution in [2.45, 2.75) is 38.0 Å². The van der Waals surface area contributed by atoms with Crippen molar-refractivity contribution < 1.29 is 18.3 Å². The Morgan fingerprint density at radius 2 is 1.91 bits per heavy atom. The van der Waals surface area contributed by atoms with Gasteiger partial charge in [0.2, 0.25) is 10.0 Å². The summed E-state index contributed by atoms with van der Waals surface area (Å²) < 4.78 is 34.5. The second kappa shape index (κ2) is 11.0. The van der Waals surface area contributed by atoms with Crippen LogP contribution in [0.1, 0.15) is 38.7 Å². The summed E-state index contributed by atoms with van der Waals surface area (Å²) in [5.41, 5.74) is 6.95. The molecule has 0 saturated carbocycles. The largest absolute Gasteiger partial charge is 0.493 e. The molecular formula is C24H36N6O4S. The van der Waals surface area contributed by atoms with E-state index in [0.29, 0.717) is 56.5 Å². The summed E-state index contributed by atoms with van der Waals surface area (Å²) in [5, 5.41) is 14.5. The van der Waals surface area contributed by atoms with E-state index >= 15 is 0 Å². The Morgan fingerprint density at radius 3 is 2.60 bits per heavy atom. The highest BCUT2D eigenvalue weighted by atomic mass is 32.2. The molecule has 1 aromatic carbocycles. The molecule has 3 N–H and O–H groups in total. The monoisotopic (exact) mass is 504 g/mol. The van der Waals surface area contributed by atoms with Crippen molar-refractivity contribution in [3.63, 3.8) is 0 Å². The first-order chi connectivity index (χ1) is 16.9. The van der Waals surface area contributed by atoms with Crippen LogP contribution in [-0.4, -0.2) is 86.6 Å². The average Bonchev–Trinajstić information content (AvgIpc) is 3.18. The van der Waals surface area contributed by atoms with Gasteiger partial charge >= 0.3 is 0 Å². The highest BCUT2D eigenvalue weighted by molar-refractivity contribution is 7.89. The predicted molar refractivity (Wildman–Crippen MR) is 135 cm³/mol. The maximum absolute atomic E-state index is 13.5. The van der Waals surface area contributed by atoms with Crippen LogP contribution in [0.4, 0.5) is 0 Å². The van der Waals surface area contributed by atoms with E-state index in [2.05, 4.69) is 27.6 Å². The number of nitrogens with one attached hydrogen (secondary N) is 2. The molecule has 0 aliphatic carbocycles. The van der Waals surface area contributed by atoms with Crippen LogP contribution >= 0.6 is 0 Å². The number of hydrogen-bond donors (Lipinski definition) is 3. The van der Waals surface area contributed by atoms with Crippen molar-refractivity contribution in [3.05, 3.63) is 47.1 Å². The lowest BCUT2D eigenvalue weighted by Crippen LogP contribution is -2.49. The normalized spacial score (nSPS) is 19.1. The number of nitrogens with zero attached hydrogens (tertiary/aromatic N) is 4. The third-order valence-electron chi connectivity index (χ3n) is 6.33. The Labute approximate surface area is 208 Å². The lowest BCUT2D eigenvalue weighted by molar-refractivity contribution is 0.151. The minimum absolute atomic E-state index is 0.0717. The zero-order valence-electron chi connectivity index (χ0n) is 20.7. The maximum Gasteiger partial charge on any atom is 0.243 e. The van der Waals surface area contributed by atoms with Gasteiger partial charge in [-0.25, -0.2) is 13.4 Å². The van der Waals surface area contributed by atoms with Crippen LogP contribution in [0.2, 0.25) is 0 Å². The van der Waals surface area contributed by atoms with Crippen molar-refractivity contribution >= 4 is 15.9 Å². The molecule has 1 fully saturated rings. The molecule has 4 rings (SSSR count). The van der Waals surface area contributed by atoms with Gasteiger partial charge in [0.25, 0.3) is 0 Å². The first kappa shape index (κ1) is 25.5. The Balaban J connectivity index is 1.66. The molecule has 1 aromatic rings. The fourth-order valence-electron chi connectivity index (χ4n) is 4.45. The Hall–Kier alpha value is -2.60. The molecule has 3 aliphatic heterocycles. The molecule has 0 aromatic heterocycles. The number of rotatable bonds is 10. The fraction of sp³-hybridized carbons (Fsp3) is 0.542. The van der Waals surface area contributed by atoms with Crippen LogP contribution in [0, 0.1) is 0 Å². The molecule has 192 valence electrons. The number of benzene rings is 1. The number of fused-ring (bicyclic) bond motifs is 1. The Bertz CT molecular complexity index is 1120. The van der Waals surface area contributed by atoms with Gasteiger partial charge in [-0.2, -0.15) is 4.31 Å². The van der Waals surface area contributed by atoms with Crippen LogP contribution in [-0.2, 0) is 10.0 Å². The zero-order chi connectivity index (χ0) is 25.0. The fourth-order valence-corrected chi connectivity index (χ4v) is 5.90. The number of hydrazine groups is 1. The average molecular weight is 505 g/mol. The number of sulfonamides is 1. The van der Waals surface area contributed by atoms with E-state index in [9.17, 15) is 8.42 Å². The van der Waals surface area contributed by atoms with E-state index in [1.165, 1.54) is 4.31 Å². The van der Waals surface area contributed by atoms with E-state index in [4.69, 9.17) is 9.84 Å². The van der Waals surface area contributed by atoms with Crippen LogP contribution in [0.5, 0.6) is 5.75 Å². The minimum Gasteiger partial charge on any atom is -0.493 e. The van der Waals surface area contributed by atoms with E-state index < -0.39 is 10.0 Å². The molecular weight excluding hydrogens is 468 g/mol. The zero-order valence-corrected chi connectivity index (χ0v) is 21.6. The molecule has 11 heteroatoms. The van der Waals surface area contributed by atoms with E-state index in [1.807, 2.05) is 19.0 Å². The van der Waals surface area contributed by atoms with Gasteiger partial charge in [0.05, 0.1) is 41.3 Å². The molecule has 0 atom stereocenters. The second-order valence-electron chi connectivity index (χ2n) is 8.87. The molecule has 0 unspecified atom stereocenters. The topological polar surface area (TPSA) is 110 Å². The number of aliphatic hydroxyl groups is 1. The summed E-state index contributed by atoms with van der Waals surface area (Å²) in [4.78, 5) is 6.92. The van der Waals surface area contributed by atoms with Crippen LogP contribution in [0.3, 0.4) is 0 Å². The number of allylic oxidation sites excluding steroid dienone is 1. The molecule has 0 bridgehead atoms. The number of aliphatic imine (C=N–C) groups is 1. The van der Waals surface area contributed by atoms with Gasteiger partial charge in [0.15, 0.2) is 0 Å². The summed E-state index contributed by atoms with van der Waals surface area (Å²) in [6.07, 6.45) is 4.50. The predicted octanol–water partition coefficient (Wildman–Crippen LogP) is 1.43. The summed E-state index contributed by atoms with van der Waals surface area (Å²) in [5.74, 6) is 1.16. The first-order valence-corrected chi connectivity index (χ1v) is 13.7. The lowest BCUT2D eigenvalue weighted by atomic mass is 10.1. The van der Waals surface area contributed by atoms with Crippen molar-refractivity contribution in [3.8, 4) is 5.75 Å². The Kier molecular flexibility index (Phi) is 8.00. The highest BCUT2D eigenvalue weighted by Gasteiger charge is 2.31. The lowest BCUT2D eigenvalue weighted by Gasteiger charge is -2.33. The van der Waals surface area contributed by atoms with Crippen molar-refractivity contribution in [2.24, 2.45) is 4.99 Å². The van der Waals surface area contributed by atoms with E-state index in [0.717, 1.165) is 36.4 Å². The molecule has 1 saturated heterocycles. The molecule has 0 amide bonds. The first-order valence-electron chi connectivity index (χ1n) is 12.3. The Morgan fingerprint density at radius 1 is 1.14 bits per heavy atom. The number of hydrogen-bond acceptors (Lipinski definition) is 9. The molecule has 35 heavy (non-hydrogen) atoms. The third kappa shape index (κ3) is 5.32. The number of aliphatic hydroxyl groups excluding tert-OH is 1. The summed E-state index contributed by atoms with van der Waals surface area (Å²) in [6.45, 7) is 7.29. The molecule has 3 heterocycles. The number of β-amino-alcohol motifs (C(OH)–C–C–N with tert-alkyl or cyclic N) is 1.